The number of ether oxygens (including phenoxy) is 2. The summed E-state index contributed by atoms with van der Waals surface area (Å²) in [6.45, 7) is 1.41. The van der Waals surface area contributed by atoms with Crippen LogP contribution in [-0.4, -0.2) is 24.2 Å². The monoisotopic (exact) mass is 209 g/mol. The van der Waals surface area contributed by atoms with Gasteiger partial charge in [-0.15, -0.1) is 0 Å². The summed E-state index contributed by atoms with van der Waals surface area (Å²) in [6.07, 6.45) is 1.22. The zero-order valence-electron chi connectivity index (χ0n) is 8.09. The van der Waals surface area contributed by atoms with E-state index in [4.69, 9.17) is 9.47 Å². The van der Waals surface area contributed by atoms with Gasteiger partial charge < -0.3 is 9.47 Å². The number of epoxide rings is 1. The van der Waals surface area contributed by atoms with Crippen molar-refractivity contribution in [1.82, 2.24) is 0 Å². The lowest BCUT2D eigenvalue weighted by atomic mass is 10.3. The highest BCUT2D eigenvalue weighted by molar-refractivity contribution is 5.35. The molecule has 0 aromatic heterocycles. The topological polar surface area (TPSA) is 64.9 Å². The van der Waals surface area contributed by atoms with E-state index in [1.165, 1.54) is 12.1 Å². The van der Waals surface area contributed by atoms with Gasteiger partial charge in [0.05, 0.1) is 24.2 Å². The summed E-state index contributed by atoms with van der Waals surface area (Å²) >= 11 is 0. The first kappa shape index (κ1) is 9.92. The fraction of sp³-hybridized carbons (Fsp3) is 0.400. The number of nitro groups is 1. The molecule has 0 bridgehead atoms. The molecule has 1 aliphatic heterocycles. The van der Waals surface area contributed by atoms with Crippen LogP contribution in [-0.2, 0) is 4.74 Å². The number of nitrogens with zero attached hydrogens (tertiary/aromatic N) is 1. The number of hydrogen-bond donors (Lipinski definition) is 0. The van der Waals surface area contributed by atoms with Crippen LogP contribution in [0.4, 0.5) is 5.69 Å². The van der Waals surface area contributed by atoms with Crippen molar-refractivity contribution in [2.24, 2.45) is 0 Å². The quantitative estimate of drug-likeness (QED) is 0.421. The summed E-state index contributed by atoms with van der Waals surface area (Å²) < 4.78 is 10.4. The Balaban J connectivity index is 1.83. The maximum Gasteiger partial charge on any atom is 0.269 e. The highest BCUT2D eigenvalue weighted by atomic mass is 16.6. The van der Waals surface area contributed by atoms with Crippen LogP contribution in [0.2, 0.25) is 0 Å². The molecule has 0 unspecified atom stereocenters. The molecule has 1 fully saturated rings. The van der Waals surface area contributed by atoms with Crippen molar-refractivity contribution in [3.05, 3.63) is 34.4 Å². The van der Waals surface area contributed by atoms with E-state index in [1.54, 1.807) is 12.1 Å². The van der Waals surface area contributed by atoms with Crippen molar-refractivity contribution in [2.75, 3.05) is 13.2 Å². The second-order valence-corrected chi connectivity index (χ2v) is 3.34. The van der Waals surface area contributed by atoms with Gasteiger partial charge in [0.25, 0.3) is 5.69 Å². The van der Waals surface area contributed by atoms with E-state index in [0.717, 1.165) is 13.0 Å². The molecule has 0 N–H and O–H groups in total. The summed E-state index contributed by atoms with van der Waals surface area (Å²) in [5, 5.41) is 10.4. The molecule has 1 heterocycles. The fourth-order valence-electron chi connectivity index (χ4n) is 1.21. The third-order valence-electron chi connectivity index (χ3n) is 2.16. The van der Waals surface area contributed by atoms with Crippen LogP contribution < -0.4 is 4.74 Å². The average Bonchev–Trinajstić information content (AvgIpc) is 3.02. The second-order valence-electron chi connectivity index (χ2n) is 3.34. The van der Waals surface area contributed by atoms with Gasteiger partial charge in [0.2, 0.25) is 0 Å². The molecule has 1 atom stereocenters. The van der Waals surface area contributed by atoms with Crippen LogP contribution in [0.15, 0.2) is 24.3 Å². The highest BCUT2D eigenvalue weighted by Crippen LogP contribution is 2.19. The molecule has 0 aliphatic carbocycles. The number of nitro benzene ring substituents is 1. The number of rotatable bonds is 5. The molecule has 5 heteroatoms. The Hall–Kier alpha value is -1.62. The first-order valence-corrected chi connectivity index (χ1v) is 4.74. The van der Waals surface area contributed by atoms with Crippen LogP contribution in [0, 0.1) is 10.1 Å². The third kappa shape index (κ3) is 2.92. The molecular weight excluding hydrogens is 198 g/mol. The Morgan fingerprint density at radius 3 is 2.67 bits per heavy atom. The van der Waals surface area contributed by atoms with E-state index >= 15 is 0 Å². The van der Waals surface area contributed by atoms with Gasteiger partial charge in [-0.1, -0.05) is 0 Å². The molecule has 15 heavy (non-hydrogen) atoms. The predicted molar refractivity (Wildman–Crippen MR) is 52.9 cm³/mol. The molecule has 0 radical (unpaired) electrons. The Bertz CT molecular complexity index is 345. The van der Waals surface area contributed by atoms with Gasteiger partial charge in [-0.3, -0.25) is 10.1 Å². The Morgan fingerprint density at radius 1 is 1.47 bits per heavy atom. The minimum atomic E-state index is -0.429. The summed E-state index contributed by atoms with van der Waals surface area (Å²) in [5.41, 5.74) is 0.0767. The molecule has 0 amide bonds. The molecule has 5 nitrogen and oxygen atoms in total. The van der Waals surface area contributed by atoms with E-state index in [9.17, 15) is 10.1 Å². The minimum Gasteiger partial charge on any atom is -0.493 e. The molecule has 0 spiro atoms. The standard InChI is InChI=1S/C10H11NO4/c12-11(13)8-1-3-9(4-2-8)14-6-5-10-7-15-10/h1-4,10H,5-7H2/t10-/m0/s1. The van der Waals surface area contributed by atoms with Gasteiger partial charge in [-0.05, 0) is 12.1 Å². The van der Waals surface area contributed by atoms with Gasteiger partial charge in [-0.2, -0.15) is 0 Å². The van der Waals surface area contributed by atoms with Crippen molar-refractivity contribution in [3.8, 4) is 5.75 Å². The van der Waals surface area contributed by atoms with Crippen LogP contribution >= 0.6 is 0 Å². The lowest BCUT2D eigenvalue weighted by Crippen LogP contribution is -2.00. The van der Waals surface area contributed by atoms with Gasteiger partial charge in [0, 0.05) is 18.6 Å². The van der Waals surface area contributed by atoms with E-state index < -0.39 is 4.92 Å². The number of non-ortho nitro benzene ring substituents is 1. The smallest absolute Gasteiger partial charge is 0.269 e. The van der Waals surface area contributed by atoms with Gasteiger partial charge in [-0.25, -0.2) is 0 Å². The van der Waals surface area contributed by atoms with Crippen molar-refractivity contribution in [2.45, 2.75) is 12.5 Å². The van der Waals surface area contributed by atoms with Gasteiger partial charge in [0.1, 0.15) is 5.75 Å². The maximum atomic E-state index is 10.4. The molecule has 0 saturated carbocycles. The van der Waals surface area contributed by atoms with Crippen molar-refractivity contribution in [3.63, 3.8) is 0 Å². The fourth-order valence-corrected chi connectivity index (χ4v) is 1.21. The zero-order chi connectivity index (χ0) is 10.7. The normalized spacial score (nSPS) is 18.5. The van der Waals surface area contributed by atoms with Crippen molar-refractivity contribution in [1.29, 1.82) is 0 Å². The number of benzene rings is 1. The van der Waals surface area contributed by atoms with Gasteiger partial charge in [0.15, 0.2) is 0 Å². The SMILES string of the molecule is O=[N+]([O-])c1ccc(OCC[C@H]2CO2)cc1. The Labute approximate surface area is 86.8 Å². The zero-order valence-corrected chi connectivity index (χ0v) is 8.09. The molecule has 2 rings (SSSR count). The van der Waals surface area contributed by atoms with E-state index in [2.05, 4.69) is 0 Å². The second kappa shape index (κ2) is 4.27. The van der Waals surface area contributed by atoms with Crippen LogP contribution in [0.3, 0.4) is 0 Å². The molecule has 1 aliphatic rings. The van der Waals surface area contributed by atoms with Crippen LogP contribution in [0.1, 0.15) is 6.42 Å². The predicted octanol–water partition coefficient (Wildman–Crippen LogP) is 1.76. The average molecular weight is 209 g/mol. The van der Waals surface area contributed by atoms with Crippen LogP contribution in [0.25, 0.3) is 0 Å². The Kier molecular flexibility index (Phi) is 2.82. The summed E-state index contributed by atoms with van der Waals surface area (Å²) in [4.78, 5) is 9.94. The first-order chi connectivity index (χ1) is 7.25. The summed E-state index contributed by atoms with van der Waals surface area (Å²) in [7, 11) is 0. The van der Waals surface area contributed by atoms with Crippen molar-refractivity contribution < 1.29 is 14.4 Å². The lowest BCUT2D eigenvalue weighted by molar-refractivity contribution is -0.384. The largest absolute Gasteiger partial charge is 0.493 e. The Morgan fingerprint density at radius 2 is 2.13 bits per heavy atom. The van der Waals surface area contributed by atoms with Crippen LogP contribution in [0.5, 0.6) is 5.75 Å². The molecular formula is C10H11NO4. The van der Waals surface area contributed by atoms with Crippen molar-refractivity contribution >= 4 is 5.69 Å². The highest BCUT2D eigenvalue weighted by Gasteiger charge is 2.21. The molecule has 1 saturated heterocycles. The minimum absolute atomic E-state index is 0.0767. The molecule has 80 valence electrons. The lowest BCUT2D eigenvalue weighted by Gasteiger charge is -2.03. The maximum absolute atomic E-state index is 10.4. The van der Waals surface area contributed by atoms with Gasteiger partial charge >= 0.3 is 0 Å². The third-order valence-corrected chi connectivity index (χ3v) is 2.16. The summed E-state index contributed by atoms with van der Waals surface area (Å²) in [6, 6.07) is 6.07. The summed E-state index contributed by atoms with van der Waals surface area (Å²) in [5.74, 6) is 0.654. The van der Waals surface area contributed by atoms with E-state index in [-0.39, 0.29) is 5.69 Å². The number of hydrogen-bond acceptors (Lipinski definition) is 4. The molecule has 1 aromatic carbocycles. The van der Waals surface area contributed by atoms with E-state index in [0.29, 0.717) is 18.5 Å². The molecule has 1 aromatic rings. The van der Waals surface area contributed by atoms with E-state index in [1.807, 2.05) is 0 Å². The first-order valence-electron chi connectivity index (χ1n) is 4.74.